The standard InChI is InChI=1S/C14H19NO6/c1-4-14(18)21-15-10(8-13(16)17)9-5-6-11(19-2)12(7-9)20-3/h5-7,10,15H,4,8H2,1-3H3,(H,16,17)/t10-/m1/s1. The lowest BCUT2D eigenvalue weighted by Gasteiger charge is -2.18. The minimum absolute atomic E-state index is 0.193. The predicted molar refractivity (Wildman–Crippen MR) is 74.1 cm³/mol. The van der Waals surface area contributed by atoms with Gasteiger partial charge in [-0.1, -0.05) is 13.0 Å². The Labute approximate surface area is 122 Å². The minimum Gasteiger partial charge on any atom is -0.493 e. The van der Waals surface area contributed by atoms with E-state index in [2.05, 4.69) is 5.48 Å². The van der Waals surface area contributed by atoms with Gasteiger partial charge in [-0.2, -0.15) is 0 Å². The smallest absolute Gasteiger partial charge is 0.324 e. The van der Waals surface area contributed by atoms with Crippen LogP contribution in [0.25, 0.3) is 0 Å². The van der Waals surface area contributed by atoms with Gasteiger partial charge in [0.2, 0.25) is 0 Å². The van der Waals surface area contributed by atoms with Gasteiger partial charge in [0.25, 0.3) is 0 Å². The summed E-state index contributed by atoms with van der Waals surface area (Å²) in [4.78, 5) is 26.9. The van der Waals surface area contributed by atoms with Crippen LogP contribution in [0.5, 0.6) is 11.5 Å². The van der Waals surface area contributed by atoms with Gasteiger partial charge in [0, 0.05) is 6.42 Å². The van der Waals surface area contributed by atoms with E-state index in [1.54, 1.807) is 25.1 Å². The number of hydrogen-bond acceptors (Lipinski definition) is 6. The van der Waals surface area contributed by atoms with Gasteiger partial charge < -0.3 is 19.4 Å². The molecule has 0 aliphatic carbocycles. The molecule has 1 rings (SSSR count). The maximum atomic E-state index is 11.2. The third-order valence-electron chi connectivity index (χ3n) is 2.79. The lowest BCUT2D eigenvalue weighted by Crippen LogP contribution is -2.27. The highest BCUT2D eigenvalue weighted by Crippen LogP contribution is 2.30. The largest absolute Gasteiger partial charge is 0.493 e. The maximum absolute atomic E-state index is 11.2. The molecule has 0 aromatic heterocycles. The average molecular weight is 297 g/mol. The molecule has 7 nitrogen and oxygen atoms in total. The van der Waals surface area contributed by atoms with E-state index in [1.165, 1.54) is 14.2 Å². The molecule has 0 aliphatic heterocycles. The van der Waals surface area contributed by atoms with Crippen LogP contribution in [0.15, 0.2) is 18.2 Å². The zero-order chi connectivity index (χ0) is 15.8. The van der Waals surface area contributed by atoms with Crippen molar-refractivity contribution in [2.45, 2.75) is 25.8 Å². The van der Waals surface area contributed by atoms with Crippen LogP contribution >= 0.6 is 0 Å². The number of carbonyl (C=O) groups is 2. The van der Waals surface area contributed by atoms with Gasteiger partial charge >= 0.3 is 11.9 Å². The summed E-state index contributed by atoms with van der Waals surface area (Å²) in [6.07, 6.45) is -0.0504. The lowest BCUT2D eigenvalue weighted by atomic mass is 10.0. The van der Waals surface area contributed by atoms with Crippen LogP contribution in [0.3, 0.4) is 0 Å². The van der Waals surface area contributed by atoms with Gasteiger partial charge in [0.05, 0.1) is 26.7 Å². The molecule has 0 amide bonds. The fourth-order valence-electron chi connectivity index (χ4n) is 1.68. The highest BCUT2D eigenvalue weighted by Gasteiger charge is 2.19. The number of rotatable bonds is 8. The van der Waals surface area contributed by atoms with Crippen molar-refractivity contribution in [1.29, 1.82) is 0 Å². The third kappa shape index (κ3) is 4.96. The summed E-state index contributed by atoms with van der Waals surface area (Å²) in [5.74, 6) is -0.490. The highest BCUT2D eigenvalue weighted by molar-refractivity contribution is 5.69. The first kappa shape index (κ1) is 16.8. The molecule has 21 heavy (non-hydrogen) atoms. The summed E-state index contributed by atoms with van der Waals surface area (Å²) in [5.41, 5.74) is 3.09. The van der Waals surface area contributed by atoms with Crippen LogP contribution in [0, 0.1) is 0 Å². The van der Waals surface area contributed by atoms with Crippen LogP contribution in [0.4, 0.5) is 0 Å². The molecular formula is C14H19NO6. The molecule has 0 unspecified atom stereocenters. The second-order valence-electron chi connectivity index (χ2n) is 4.21. The third-order valence-corrected chi connectivity index (χ3v) is 2.79. The number of carboxylic acid groups (broad SMARTS) is 1. The topological polar surface area (TPSA) is 94.1 Å². The Morgan fingerprint density at radius 1 is 1.24 bits per heavy atom. The first-order valence-electron chi connectivity index (χ1n) is 6.40. The first-order valence-corrected chi connectivity index (χ1v) is 6.40. The van der Waals surface area contributed by atoms with Gasteiger partial charge in [-0.3, -0.25) is 9.59 Å². The van der Waals surface area contributed by atoms with Crippen molar-refractivity contribution in [3.05, 3.63) is 23.8 Å². The molecule has 0 bridgehead atoms. The monoisotopic (exact) mass is 297 g/mol. The summed E-state index contributed by atoms with van der Waals surface area (Å²) in [5, 5.41) is 8.96. The molecule has 0 spiro atoms. The number of ether oxygens (including phenoxy) is 2. The van der Waals surface area contributed by atoms with E-state index in [4.69, 9.17) is 19.4 Å². The van der Waals surface area contributed by atoms with Crippen LogP contribution < -0.4 is 15.0 Å². The van der Waals surface area contributed by atoms with E-state index in [0.29, 0.717) is 17.1 Å². The second-order valence-corrected chi connectivity index (χ2v) is 4.21. The molecule has 2 N–H and O–H groups in total. The Balaban J connectivity index is 2.96. The van der Waals surface area contributed by atoms with Crippen LogP contribution in [-0.4, -0.2) is 31.3 Å². The summed E-state index contributed by atoms with van der Waals surface area (Å²) in [7, 11) is 2.99. The molecule has 0 saturated heterocycles. The number of carbonyl (C=O) groups excluding carboxylic acids is 1. The molecule has 1 atom stereocenters. The van der Waals surface area contributed by atoms with Gasteiger partial charge in [0.15, 0.2) is 11.5 Å². The molecule has 0 fully saturated rings. The van der Waals surface area contributed by atoms with E-state index < -0.39 is 18.0 Å². The average Bonchev–Trinajstić information content (AvgIpc) is 2.49. The van der Waals surface area contributed by atoms with Crippen molar-refractivity contribution in [3.63, 3.8) is 0 Å². The summed E-state index contributed by atoms with van der Waals surface area (Å²) >= 11 is 0. The number of nitrogens with one attached hydrogen (secondary N) is 1. The van der Waals surface area contributed by atoms with E-state index in [1.807, 2.05) is 0 Å². The normalized spacial score (nSPS) is 11.6. The quantitative estimate of drug-likeness (QED) is 0.705. The molecule has 0 saturated carbocycles. The lowest BCUT2D eigenvalue weighted by molar-refractivity contribution is -0.154. The number of hydrogen-bond donors (Lipinski definition) is 2. The zero-order valence-corrected chi connectivity index (χ0v) is 12.2. The van der Waals surface area contributed by atoms with Crippen LogP contribution in [0.2, 0.25) is 0 Å². The molecule has 116 valence electrons. The van der Waals surface area contributed by atoms with Crippen molar-refractivity contribution >= 4 is 11.9 Å². The molecule has 0 heterocycles. The Bertz CT molecular complexity index is 502. The number of methoxy groups -OCH3 is 2. The summed E-state index contributed by atoms with van der Waals surface area (Å²) in [6.45, 7) is 1.65. The number of carboxylic acids is 1. The van der Waals surface area contributed by atoms with Crippen molar-refractivity contribution < 1.29 is 29.0 Å². The van der Waals surface area contributed by atoms with Crippen LogP contribution in [0.1, 0.15) is 31.4 Å². The molecule has 0 radical (unpaired) electrons. The van der Waals surface area contributed by atoms with Crippen molar-refractivity contribution in [2.24, 2.45) is 0 Å². The highest BCUT2D eigenvalue weighted by atomic mass is 16.7. The van der Waals surface area contributed by atoms with Gasteiger partial charge in [-0.05, 0) is 17.7 Å². The van der Waals surface area contributed by atoms with E-state index in [0.717, 1.165) is 0 Å². The summed E-state index contributed by atoms with van der Waals surface area (Å²) in [6, 6.07) is 4.30. The SMILES string of the molecule is CCC(=O)ON[C@H](CC(=O)O)c1ccc(OC)c(OC)c1. The fraction of sp³-hybridized carbons (Fsp3) is 0.429. The Kier molecular flexibility index (Phi) is 6.48. The Hall–Kier alpha value is -2.28. The first-order chi connectivity index (χ1) is 10.0. The van der Waals surface area contributed by atoms with E-state index in [9.17, 15) is 9.59 Å². The Morgan fingerprint density at radius 3 is 2.43 bits per heavy atom. The zero-order valence-electron chi connectivity index (χ0n) is 12.2. The molecular weight excluding hydrogens is 278 g/mol. The minimum atomic E-state index is -1.02. The molecule has 1 aromatic carbocycles. The van der Waals surface area contributed by atoms with E-state index >= 15 is 0 Å². The van der Waals surface area contributed by atoms with Gasteiger partial charge in [-0.25, -0.2) is 0 Å². The van der Waals surface area contributed by atoms with Crippen molar-refractivity contribution in [1.82, 2.24) is 5.48 Å². The van der Waals surface area contributed by atoms with E-state index in [-0.39, 0.29) is 12.8 Å². The fourth-order valence-corrected chi connectivity index (χ4v) is 1.68. The predicted octanol–water partition coefficient (Wildman–Crippen LogP) is 1.68. The van der Waals surface area contributed by atoms with Gasteiger partial charge in [-0.15, -0.1) is 5.48 Å². The Morgan fingerprint density at radius 2 is 1.90 bits per heavy atom. The van der Waals surface area contributed by atoms with Crippen molar-refractivity contribution in [2.75, 3.05) is 14.2 Å². The molecule has 7 heteroatoms. The second kappa shape index (κ2) is 8.11. The molecule has 0 aliphatic rings. The summed E-state index contributed by atoms with van der Waals surface area (Å²) < 4.78 is 10.3. The number of benzene rings is 1. The van der Waals surface area contributed by atoms with Crippen LogP contribution in [-0.2, 0) is 14.4 Å². The number of hydroxylamine groups is 1. The number of aliphatic carboxylic acids is 1. The maximum Gasteiger partial charge on any atom is 0.324 e. The molecule has 1 aromatic rings. The van der Waals surface area contributed by atoms with Crippen molar-refractivity contribution in [3.8, 4) is 11.5 Å². The van der Waals surface area contributed by atoms with Gasteiger partial charge in [0.1, 0.15) is 0 Å².